The maximum absolute atomic E-state index is 6.06. The highest BCUT2D eigenvalue weighted by molar-refractivity contribution is 5.82. The average Bonchev–Trinajstić information content (AvgIpc) is 2.89. The van der Waals surface area contributed by atoms with Crippen molar-refractivity contribution in [1.82, 2.24) is 24.4 Å². The van der Waals surface area contributed by atoms with Gasteiger partial charge >= 0.3 is 6.01 Å². The molecular weight excluding hydrogens is 356 g/mol. The van der Waals surface area contributed by atoms with Crippen LogP contribution in [0.1, 0.15) is 13.3 Å². The van der Waals surface area contributed by atoms with Gasteiger partial charge in [0.05, 0.1) is 19.5 Å². The molecule has 2 aromatic rings. The lowest BCUT2D eigenvalue weighted by molar-refractivity contribution is 0.0859. The molecule has 8 nitrogen and oxygen atoms in total. The van der Waals surface area contributed by atoms with E-state index in [4.69, 9.17) is 15.2 Å². The summed E-state index contributed by atoms with van der Waals surface area (Å²) in [7, 11) is 5.78. The van der Waals surface area contributed by atoms with Crippen LogP contribution in [-0.4, -0.2) is 64.9 Å². The van der Waals surface area contributed by atoms with Crippen molar-refractivity contribution in [3.05, 3.63) is 41.8 Å². The first-order chi connectivity index (χ1) is 13.5. The van der Waals surface area contributed by atoms with Gasteiger partial charge in [-0.3, -0.25) is 0 Å². The maximum atomic E-state index is 6.06. The largest absolute Gasteiger partial charge is 0.458 e. The number of nitrogens with zero attached hydrogens (tertiary/aromatic N) is 5. The minimum Gasteiger partial charge on any atom is -0.458 e. The van der Waals surface area contributed by atoms with E-state index in [-0.39, 0.29) is 12.1 Å². The number of hydrogen-bond donors (Lipinski definition) is 1. The molecule has 2 aromatic heterocycles. The number of imidazole rings is 1. The molecule has 8 heteroatoms. The number of methoxy groups -OCH3 is 1. The number of rotatable bonds is 8. The Labute approximate surface area is 165 Å². The SMILES string of the molecule is COCC(C)Oc1nc(N)c2ncn(CC3=CC=C(CN(C)C)CC=C3)c2n1. The molecule has 0 fully saturated rings. The van der Waals surface area contributed by atoms with Crippen LogP contribution < -0.4 is 10.5 Å². The first-order valence-electron chi connectivity index (χ1n) is 9.30. The summed E-state index contributed by atoms with van der Waals surface area (Å²) >= 11 is 0. The first-order valence-corrected chi connectivity index (χ1v) is 9.30. The highest BCUT2D eigenvalue weighted by atomic mass is 16.5. The molecule has 0 saturated carbocycles. The summed E-state index contributed by atoms with van der Waals surface area (Å²) in [6, 6.07) is 0.231. The summed E-state index contributed by atoms with van der Waals surface area (Å²) in [6.45, 7) is 3.93. The number of hydrogen-bond acceptors (Lipinski definition) is 7. The summed E-state index contributed by atoms with van der Waals surface area (Å²) in [6.07, 6.45) is 11.2. The second-order valence-electron chi connectivity index (χ2n) is 7.23. The quantitative estimate of drug-likeness (QED) is 0.746. The standard InChI is InChI=1S/C20H28N6O2/c1-14(12-27-4)28-20-23-18(21)17-19(24-20)26(13-22-17)11-16-7-5-6-15(8-9-16)10-25(2)3/h5,7-9,13-14H,6,10-12H2,1-4H3,(H2,21,23,24). The monoisotopic (exact) mass is 384 g/mol. The third kappa shape index (κ3) is 4.96. The molecule has 150 valence electrons. The normalized spacial score (nSPS) is 15.5. The molecule has 0 saturated heterocycles. The molecule has 0 aliphatic heterocycles. The van der Waals surface area contributed by atoms with E-state index in [0.717, 1.165) is 13.0 Å². The van der Waals surface area contributed by atoms with E-state index >= 15 is 0 Å². The molecule has 1 aliphatic rings. The number of likely N-dealkylation sites (N-methyl/N-ethyl adjacent to an activating group) is 1. The summed E-state index contributed by atoms with van der Waals surface area (Å²) in [5.41, 5.74) is 9.84. The molecule has 0 spiro atoms. The van der Waals surface area contributed by atoms with Crippen LogP contribution in [0, 0.1) is 0 Å². The number of anilines is 1. The Balaban J connectivity index is 1.84. The summed E-state index contributed by atoms with van der Waals surface area (Å²) in [5.74, 6) is 0.307. The lowest BCUT2D eigenvalue weighted by Crippen LogP contribution is -2.19. The number of allylic oxidation sites excluding steroid dienone is 5. The van der Waals surface area contributed by atoms with Crippen molar-refractivity contribution < 1.29 is 9.47 Å². The van der Waals surface area contributed by atoms with Crippen LogP contribution in [0.4, 0.5) is 5.82 Å². The Morgan fingerprint density at radius 3 is 2.86 bits per heavy atom. The highest BCUT2D eigenvalue weighted by Gasteiger charge is 2.15. The molecule has 0 amide bonds. The van der Waals surface area contributed by atoms with E-state index in [1.54, 1.807) is 13.4 Å². The van der Waals surface area contributed by atoms with Gasteiger partial charge in [-0.15, -0.1) is 0 Å². The van der Waals surface area contributed by atoms with Gasteiger partial charge < -0.3 is 24.7 Å². The van der Waals surface area contributed by atoms with Crippen molar-refractivity contribution in [3.8, 4) is 6.01 Å². The Morgan fingerprint density at radius 2 is 2.11 bits per heavy atom. The Bertz CT molecular complexity index is 913. The molecular formula is C20H28N6O2. The Morgan fingerprint density at radius 1 is 1.29 bits per heavy atom. The number of aromatic nitrogens is 4. The molecule has 28 heavy (non-hydrogen) atoms. The second kappa shape index (κ2) is 8.99. The van der Waals surface area contributed by atoms with Crippen LogP contribution in [0.25, 0.3) is 11.2 Å². The van der Waals surface area contributed by atoms with Gasteiger partial charge in [0, 0.05) is 13.7 Å². The topological polar surface area (TPSA) is 91.3 Å². The van der Waals surface area contributed by atoms with Gasteiger partial charge in [-0.1, -0.05) is 29.9 Å². The summed E-state index contributed by atoms with van der Waals surface area (Å²) in [4.78, 5) is 15.3. The lowest BCUT2D eigenvalue weighted by Gasteiger charge is -2.12. The molecule has 1 unspecified atom stereocenters. The maximum Gasteiger partial charge on any atom is 0.320 e. The van der Waals surface area contributed by atoms with E-state index in [2.05, 4.69) is 58.3 Å². The number of nitrogens with two attached hydrogens (primary N) is 1. The van der Waals surface area contributed by atoms with Crippen molar-refractivity contribution >= 4 is 17.0 Å². The molecule has 2 N–H and O–H groups in total. The minimum atomic E-state index is -0.175. The molecule has 0 aromatic carbocycles. The molecule has 2 heterocycles. The predicted molar refractivity (Wildman–Crippen MR) is 110 cm³/mol. The van der Waals surface area contributed by atoms with Gasteiger partial charge in [-0.25, -0.2) is 4.98 Å². The number of nitrogen functional groups attached to an aromatic ring is 1. The Kier molecular flexibility index (Phi) is 6.43. The lowest BCUT2D eigenvalue weighted by atomic mass is 10.2. The second-order valence-corrected chi connectivity index (χ2v) is 7.23. The van der Waals surface area contributed by atoms with Crippen molar-refractivity contribution in [2.45, 2.75) is 26.0 Å². The van der Waals surface area contributed by atoms with E-state index in [9.17, 15) is 0 Å². The minimum absolute atomic E-state index is 0.175. The average molecular weight is 384 g/mol. The van der Waals surface area contributed by atoms with Crippen LogP contribution in [0.2, 0.25) is 0 Å². The third-order valence-electron chi connectivity index (χ3n) is 4.30. The zero-order valence-corrected chi connectivity index (χ0v) is 16.9. The number of ether oxygens (including phenoxy) is 2. The fraction of sp³-hybridized carbons (Fsp3) is 0.450. The van der Waals surface area contributed by atoms with Crippen molar-refractivity contribution in [1.29, 1.82) is 0 Å². The van der Waals surface area contributed by atoms with Gasteiger partial charge in [0.2, 0.25) is 0 Å². The van der Waals surface area contributed by atoms with Crippen LogP contribution in [-0.2, 0) is 11.3 Å². The molecule has 0 bridgehead atoms. The fourth-order valence-electron chi connectivity index (χ4n) is 3.10. The van der Waals surface area contributed by atoms with Crippen LogP contribution in [0.3, 0.4) is 0 Å². The zero-order valence-electron chi connectivity index (χ0n) is 16.9. The third-order valence-corrected chi connectivity index (χ3v) is 4.30. The van der Waals surface area contributed by atoms with Gasteiger partial charge in [0.1, 0.15) is 6.10 Å². The van der Waals surface area contributed by atoms with Gasteiger partial charge in [-0.05, 0) is 33.0 Å². The highest BCUT2D eigenvalue weighted by Crippen LogP contribution is 2.22. The molecule has 1 aliphatic carbocycles. The molecule has 1 atom stereocenters. The van der Waals surface area contributed by atoms with Crippen molar-refractivity contribution in [2.24, 2.45) is 0 Å². The van der Waals surface area contributed by atoms with E-state index in [1.165, 1.54) is 11.1 Å². The van der Waals surface area contributed by atoms with Crippen LogP contribution >= 0.6 is 0 Å². The smallest absolute Gasteiger partial charge is 0.320 e. The summed E-state index contributed by atoms with van der Waals surface area (Å²) in [5, 5.41) is 0. The van der Waals surface area contributed by atoms with Crippen LogP contribution in [0.15, 0.2) is 41.8 Å². The van der Waals surface area contributed by atoms with E-state index in [1.807, 2.05) is 11.5 Å². The van der Waals surface area contributed by atoms with Gasteiger partial charge in [0.15, 0.2) is 17.0 Å². The van der Waals surface area contributed by atoms with E-state index < -0.39 is 0 Å². The predicted octanol–water partition coefficient (Wildman–Crippen LogP) is 2.20. The van der Waals surface area contributed by atoms with Crippen molar-refractivity contribution in [3.63, 3.8) is 0 Å². The van der Waals surface area contributed by atoms with E-state index in [0.29, 0.717) is 30.1 Å². The molecule has 0 radical (unpaired) electrons. The number of fused-ring (bicyclic) bond motifs is 1. The summed E-state index contributed by atoms with van der Waals surface area (Å²) < 4.78 is 12.8. The van der Waals surface area contributed by atoms with Gasteiger partial charge in [0.25, 0.3) is 0 Å². The first kappa shape index (κ1) is 20.0. The Hall–Kier alpha value is -2.71. The van der Waals surface area contributed by atoms with Crippen molar-refractivity contribution in [2.75, 3.05) is 40.1 Å². The zero-order chi connectivity index (χ0) is 20.1. The van der Waals surface area contributed by atoms with Crippen LogP contribution in [0.5, 0.6) is 6.01 Å². The van der Waals surface area contributed by atoms with Gasteiger partial charge in [-0.2, -0.15) is 9.97 Å². The fourth-order valence-corrected chi connectivity index (χ4v) is 3.10. The molecule has 3 rings (SSSR count).